The van der Waals surface area contributed by atoms with Crippen molar-refractivity contribution in [2.24, 2.45) is 0 Å². The number of rotatable bonds is 8. The normalized spacial score (nSPS) is 10.9. The second kappa shape index (κ2) is 9.83. The molecule has 1 N–H and O–H groups in total. The quantitative estimate of drug-likeness (QED) is 0.301. The Hall–Kier alpha value is -3.72. The summed E-state index contributed by atoms with van der Waals surface area (Å²) in [6.07, 6.45) is 1.68. The molecule has 0 aliphatic heterocycles. The van der Waals surface area contributed by atoms with Crippen molar-refractivity contribution in [2.75, 3.05) is 11.1 Å². The SMILES string of the molecule is C=CCn1c(SCC(=O)Nc2cc(C)nn2-c2ccc(C)cc2)nnc1-c1ccccc1F. The average Bonchev–Trinajstić information content (AvgIpc) is 3.36. The van der Waals surface area contributed by atoms with Crippen LogP contribution in [0.2, 0.25) is 0 Å². The molecular weight excluding hydrogens is 439 g/mol. The summed E-state index contributed by atoms with van der Waals surface area (Å²) in [7, 11) is 0. The number of aromatic nitrogens is 5. The van der Waals surface area contributed by atoms with Gasteiger partial charge in [-0.15, -0.1) is 16.8 Å². The van der Waals surface area contributed by atoms with Crippen molar-refractivity contribution in [3.05, 3.63) is 84.3 Å². The average molecular weight is 463 g/mol. The molecule has 0 aliphatic carbocycles. The number of carbonyl (C=O) groups is 1. The molecule has 168 valence electrons. The lowest BCUT2D eigenvalue weighted by atomic mass is 10.2. The Labute approximate surface area is 195 Å². The van der Waals surface area contributed by atoms with E-state index in [0.717, 1.165) is 16.9 Å². The van der Waals surface area contributed by atoms with Crippen molar-refractivity contribution in [1.82, 2.24) is 24.5 Å². The maximum Gasteiger partial charge on any atom is 0.236 e. The molecule has 0 atom stereocenters. The zero-order valence-electron chi connectivity index (χ0n) is 18.3. The van der Waals surface area contributed by atoms with Gasteiger partial charge >= 0.3 is 0 Å². The maximum absolute atomic E-state index is 14.3. The van der Waals surface area contributed by atoms with Crippen LogP contribution in [0.1, 0.15) is 11.3 Å². The highest BCUT2D eigenvalue weighted by Gasteiger charge is 2.18. The van der Waals surface area contributed by atoms with Crippen LogP contribution in [0, 0.1) is 19.7 Å². The van der Waals surface area contributed by atoms with Gasteiger partial charge in [-0.05, 0) is 38.1 Å². The summed E-state index contributed by atoms with van der Waals surface area (Å²) in [5.41, 5.74) is 3.14. The van der Waals surface area contributed by atoms with E-state index in [1.165, 1.54) is 17.8 Å². The number of carbonyl (C=O) groups excluding carboxylic acids is 1. The molecule has 0 fully saturated rings. The number of halogens is 1. The van der Waals surface area contributed by atoms with E-state index in [9.17, 15) is 9.18 Å². The predicted molar refractivity (Wildman–Crippen MR) is 128 cm³/mol. The fourth-order valence-corrected chi connectivity index (χ4v) is 4.06. The summed E-state index contributed by atoms with van der Waals surface area (Å²) in [5.74, 6) is 0.480. The topological polar surface area (TPSA) is 77.6 Å². The molecule has 33 heavy (non-hydrogen) atoms. The number of hydrogen-bond acceptors (Lipinski definition) is 5. The van der Waals surface area contributed by atoms with E-state index in [1.807, 2.05) is 44.2 Å². The molecule has 0 radical (unpaired) electrons. The van der Waals surface area contributed by atoms with Gasteiger partial charge in [0.15, 0.2) is 11.0 Å². The van der Waals surface area contributed by atoms with Gasteiger partial charge < -0.3 is 5.32 Å². The Morgan fingerprint density at radius 1 is 1.15 bits per heavy atom. The molecule has 0 saturated carbocycles. The van der Waals surface area contributed by atoms with Gasteiger partial charge in [-0.2, -0.15) is 5.10 Å². The summed E-state index contributed by atoms with van der Waals surface area (Å²) in [4.78, 5) is 12.7. The van der Waals surface area contributed by atoms with Crippen LogP contribution in [0.15, 0.2) is 72.4 Å². The Bertz CT molecular complexity index is 1290. The fraction of sp³-hybridized carbons (Fsp3) is 0.167. The Kier molecular flexibility index (Phi) is 6.69. The van der Waals surface area contributed by atoms with Gasteiger partial charge in [-0.25, -0.2) is 9.07 Å². The second-order valence-corrected chi connectivity index (χ2v) is 8.38. The van der Waals surface area contributed by atoms with Crippen LogP contribution >= 0.6 is 11.8 Å². The highest BCUT2D eigenvalue weighted by molar-refractivity contribution is 7.99. The zero-order chi connectivity index (χ0) is 23.4. The Balaban J connectivity index is 1.50. The minimum atomic E-state index is -0.385. The van der Waals surface area contributed by atoms with E-state index < -0.39 is 0 Å². The van der Waals surface area contributed by atoms with Crippen molar-refractivity contribution in [1.29, 1.82) is 0 Å². The maximum atomic E-state index is 14.3. The first-order chi connectivity index (χ1) is 16.0. The molecule has 0 aliphatic rings. The van der Waals surface area contributed by atoms with E-state index in [1.54, 1.807) is 33.5 Å². The molecule has 2 aromatic carbocycles. The number of anilines is 1. The lowest BCUT2D eigenvalue weighted by Crippen LogP contribution is -2.17. The minimum Gasteiger partial charge on any atom is -0.310 e. The lowest BCUT2D eigenvalue weighted by molar-refractivity contribution is -0.113. The van der Waals surface area contributed by atoms with Crippen molar-refractivity contribution >= 4 is 23.5 Å². The first kappa shape index (κ1) is 22.5. The third-order valence-corrected chi connectivity index (χ3v) is 5.82. The number of benzene rings is 2. The first-order valence-corrected chi connectivity index (χ1v) is 11.3. The largest absolute Gasteiger partial charge is 0.310 e. The number of amides is 1. The fourth-order valence-electron chi connectivity index (χ4n) is 3.31. The van der Waals surface area contributed by atoms with E-state index in [4.69, 9.17) is 0 Å². The number of nitrogens with zero attached hydrogens (tertiary/aromatic N) is 5. The minimum absolute atomic E-state index is 0.102. The van der Waals surface area contributed by atoms with Crippen LogP contribution in [0.25, 0.3) is 17.1 Å². The van der Waals surface area contributed by atoms with Crippen LogP contribution in [-0.2, 0) is 11.3 Å². The van der Waals surface area contributed by atoms with Crippen molar-refractivity contribution in [2.45, 2.75) is 25.5 Å². The Morgan fingerprint density at radius 2 is 1.91 bits per heavy atom. The summed E-state index contributed by atoms with van der Waals surface area (Å²) in [6, 6.07) is 16.1. The van der Waals surface area contributed by atoms with E-state index >= 15 is 0 Å². The van der Waals surface area contributed by atoms with Gasteiger partial charge in [0.25, 0.3) is 0 Å². The molecule has 1 amide bonds. The van der Waals surface area contributed by atoms with Crippen LogP contribution < -0.4 is 5.32 Å². The summed E-state index contributed by atoms with van der Waals surface area (Å²) >= 11 is 1.22. The number of hydrogen-bond donors (Lipinski definition) is 1. The van der Waals surface area contributed by atoms with Crippen molar-refractivity contribution in [3.63, 3.8) is 0 Å². The van der Waals surface area contributed by atoms with Gasteiger partial charge in [-0.3, -0.25) is 9.36 Å². The molecule has 0 saturated heterocycles. The smallest absolute Gasteiger partial charge is 0.236 e. The van der Waals surface area contributed by atoms with E-state index in [2.05, 4.69) is 27.2 Å². The molecule has 0 spiro atoms. The second-order valence-electron chi connectivity index (χ2n) is 7.44. The highest BCUT2D eigenvalue weighted by Crippen LogP contribution is 2.26. The Morgan fingerprint density at radius 3 is 2.64 bits per heavy atom. The standard InChI is InChI=1S/C24H23FN6OS/c1-4-13-30-23(19-7-5-6-8-20(19)25)27-28-24(30)33-15-22(32)26-21-14-17(3)29-31(21)18-11-9-16(2)10-12-18/h4-12,14H,1,13,15H2,2-3H3,(H,26,32). The molecule has 4 aromatic rings. The number of aryl methyl sites for hydroxylation is 2. The molecule has 7 nitrogen and oxygen atoms in total. The van der Waals surface area contributed by atoms with Gasteiger partial charge in [0.05, 0.1) is 22.7 Å². The zero-order valence-corrected chi connectivity index (χ0v) is 19.1. The third kappa shape index (κ3) is 5.04. The van der Waals surface area contributed by atoms with Gasteiger partial charge in [0.1, 0.15) is 11.6 Å². The van der Waals surface area contributed by atoms with Crippen LogP contribution in [-0.4, -0.2) is 36.2 Å². The summed E-state index contributed by atoms with van der Waals surface area (Å²) in [5, 5.41) is 16.2. The third-order valence-electron chi connectivity index (χ3n) is 4.85. The highest BCUT2D eigenvalue weighted by atomic mass is 32.2. The van der Waals surface area contributed by atoms with Crippen LogP contribution in [0.4, 0.5) is 10.2 Å². The molecule has 2 aromatic heterocycles. The van der Waals surface area contributed by atoms with Crippen molar-refractivity contribution in [3.8, 4) is 17.1 Å². The van der Waals surface area contributed by atoms with Gasteiger partial charge in [0.2, 0.25) is 5.91 Å². The first-order valence-electron chi connectivity index (χ1n) is 10.3. The molecule has 9 heteroatoms. The van der Waals surface area contributed by atoms with Crippen LogP contribution in [0.3, 0.4) is 0 Å². The number of allylic oxidation sites excluding steroid dienone is 1. The van der Waals surface area contributed by atoms with Gasteiger partial charge in [-0.1, -0.05) is 47.7 Å². The molecule has 2 heterocycles. The predicted octanol–water partition coefficient (Wildman–Crippen LogP) is 4.80. The van der Waals surface area contributed by atoms with E-state index in [0.29, 0.717) is 28.9 Å². The van der Waals surface area contributed by atoms with Crippen molar-refractivity contribution < 1.29 is 9.18 Å². The van der Waals surface area contributed by atoms with Crippen LogP contribution in [0.5, 0.6) is 0 Å². The summed E-state index contributed by atoms with van der Waals surface area (Å²) < 4.78 is 17.7. The molecule has 4 rings (SSSR count). The molecule has 0 bridgehead atoms. The monoisotopic (exact) mass is 462 g/mol. The molecule has 0 unspecified atom stereocenters. The number of nitrogens with one attached hydrogen (secondary N) is 1. The molecular formula is C24H23FN6OS. The lowest BCUT2D eigenvalue weighted by Gasteiger charge is -2.10. The number of thioether (sulfide) groups is 1. The van der Waals surface area contributed by atoms with Gasteiger partial charge in [0, 0.05) is 12.6 Å². The summed E-state index contributed by atoms with van der Waals surface area (Å²) in [6.45, 7) is 8.04. The van der Waals surface area contributed by atoms with E-state index in [-0.39, 0.29) is 17.5 Å².